The Morgan fingerprint density at radius 2 is 1.78 bits per heavy atom. The maximum absolute atomic E-state index is 12.3. The van der Waals surface area contributed by atoms with E-state index in [0.717, 1.165) is 19.3 Å². The molecule has 0 bridgehead atoms. The largest absolute Gasteiger partial charge is 0.345 e. The van der Waals surface area contributed by atoms with Gasteiger partial charge >= 0.3 is 0 Å². The van der Waals surface area contributed by atoms with E-state index >= 15 is 0 Å². The van der Waals surface area contributed by atoms with Crippen molar-refractivity contribution in [3.05, 3.63) is 0 Å². The zero-order chi connectivity index (χ0) is 17.4. The molecule has 1 saturated carbocycles. The second-order valence-electron chi connectivity index (χ2n) is 7.45. The lowest BCUT2D eigenvalue weighted by atomic mass is 9.87. The molecule has 0 aromatic carbocycles. The Balaban J connectivity index is 2.32. The van der Waals surface area contributed by atoms with Crippen LogP contribution in [0.1, 0.15) is 65.7 Å². The van der Waals surface area contributed by atoms with E-state index in [1.54, 1.807) is 18.9 Å². The van der Waals surface area contributed by atoms with E-state index in [9.17, 15) is 9.59 Å². The molecule has 1 fully saturated rings. The molecule has 1 aliphatic rings. The van der Waals surface area contributed by atoms with Crippen molar-refractivity contribution in [2.75, 3.05) is 13.6 Å². The van der Waals surface area contributed by atoms with Crippen LogP contribution in [0.3, 0.4) is 0 Å². The Morgan fingerprint density at radius 1 is 1.17 bits per heavy atom. The minimum absolute atomic E-state index is 0.00466. The molecule has 1 rings (SSSR count). The lowest BCUT2D eigenvalue weighted by molar-refractivity contribution is -0.135. The molecule has 0 heterocycles. The first-order valence-corrected chi connectivity index (χ1v) is 9.11. The van der Waals surface area contributed by atoms with E-state index in [4.69, 9.17) is 5.73 Å². The van der Waals surface area contributed by atoms with Crippen molar-refractivity contribution in [1.82, 2.24) is 10.2 Å². The minimum atomic E-state index is -0.466. The Hall–Kier alpha value is -1.10. The summed E-state index contributed by atoms with van der Waals surface area (Å²) in [6, 6.07) is -0.368. The summed E-state index contributed by atoms with van der Waals surface area (Å²) in [5.41, 5.74) is 6.02. The number of likely N-dealkylation sites (N-methyl/N-ethyl adjacent to an activating group) is 1. The van der Waals surface area contributed by atoms with E-state index in [-0.39, 0.29) is 17.9 Å². The van der Waals surface area contributed by atoms with Gasteiger partial charge in [0, 0.05) is 26.1 Å². The third kappa shape index (κ3) is 7.34. The normalized spacial score (nSPS) is 18.5. The van der Waals surface area contributed by atoms with Crippen LogP contribution in [0.2, 0.25) is 0 Å². The summed E-state index contributed by atoms with van der Waals surface area (Å²) in [7, 11) is 1.78. The molecule has 23 heavy (non-hydrogen) atoms. The molecule has 2 amide bonds. The van der Waals surface area contributed by atoms with Gasteiger partial charge in [-0.2, -0.15) is 0 Å². The van der Waals surface area contributed by atoms with Crippen molar-refractivity contribution < 1.29 is 9.59 Å². The molecule has 134 valence electrons. The number of carbonyl (C=O) groups is 2. The Labute approximate surface area is 141 Å². The number of carbonyl (C=O) groups excluding carboxylic acids is 2. The molecule has 0 aromatic heterocycles. The van der Waals surface area contributed by atoms with Gasteiger partial charge in [-0.3, -0.25) is 9.59 Å². The summed E-state index contributed by atoms with van der Waals surface area (Å²) in [5, 5.41) is 2.86. The van der Waals surface area contributed by atoms with Crippen molar-refractivity contribution in [3.63, 3.8) is 0 Å². The van der Waals surface area contributed by atoms with Crippen molar-refractivity contribution in [2.45, 2.75) is 77.8 Å². The van der Waals surface area contributed by atoms with Crippen LogP contribution in [0, 0.1) is 11.8 Å². The Kier molecular flexibility index (Phi) is 8.59. The summed E-state index contributed by atoms with van der Waals surface area (Å²) >= 11 is 0. The molecule has 5 heteroatoms. The fourth-order valence-electron chi connectivity index (χ4n) is 3.13. The molecular weight excluding hydrogens is 290 g/mol. The van der Waals surface area contributed by atoms with E-state index in [0.29, 0.717) is 24.8 Å². The molecule has 2 unspecified atom stereocenters. The van der Waals surface area contributed by atoms with E-state index < -0.39 is 6.04 Å². The number of rotatable bonds is 8. The standard InChI is InChI=1S/C18H35N3O2/c1-13(2)16(19)10-11-21(4)18(23)14(3)20-17(22)12-15-8-6-5-7-9-15/h13-16H,5-12,19H2,1-4H3,(H,20,22). The first-order chi connectivity index (χ1) is 10.8. The molecule has 0 saturated heterocycles. The SMILES string of the molecule is CC(NC(=O)CC1CCCCC1)C(=O)N(C)CCC(N)C(C)C. The zero-order valence-corrected chi connectivity index (χ0v) is 15.3. The highest BCUT2D eigenvalue weighted by molar-refractivity contribution is 5.87. The van der Waals surface area contributed by atoms with Gasteiger partial charge in [0.15, 0.2) is 0 Å². The van der Waals surface area contributed by atoms with Gasteiger partial charge in [-0.05, 0) is 38.0 Å². The van der Waals surface area contributed by atoms with Crippen LogP contribution in [0.25, 0.3) is 0 Å². The summed E-state index contributed by atoms with van der Waals surface area (Å²) in [6.45, 7) is 6.56. The molecule has 2 atom stereocenters. The summed E-state index contributed by atoms with van der Waals surface area (Å²) in [4.78, 5) is 26.1. The van der Waals surface area contributed by atoms with Crippen LogP contribution in [0.4, 0.5) is 0 Å². The van der Waals surface area contributed by atoms with Crippen molar-refractivity contribution in [2.24, 2.45) is 17.6 Å². The Morgan fingerprint density at radius 3 is 2.35 bits per heavy atom. The zero-order valence-electron chi connectivity index (χ0n) is 15.3. The van der Waals surface area contributed by atoms with Gasteiger partial charge in [0.2, 0.25) is 11.8 Å². The van der Waals surface area contributed by atoms with Crippen LogP contribution in [0.5, 0.6) is 0 Å². The first kappa shape index (κ1) is 19.9. The third-order valence-corrected chi connectivity index (χ3v) is 4.98. The van der Waals surface area contributed by atoms with Gasteiger partial charge in [-0.1, -0.05) is 33.1 Å². The highest BCUT2D eigenvalue weighted by Gasteiger charge is 2.22. The van der Waals surface area contributed by atoms with Crippen LogP contribution >= 0.6 is 0 Å². The topological polar surface area (TPSA) is 75.4 Å². The van der Waals surface area contributed by atoms with Gasteiger partial charge in [0.05, 0.1) is 0 Å². The second-order valence-corrected chi connectivity index (χ2v) is 7.45. The van der Waals surface area contributed by atoms with Crippen LogP contribution in [-0.2, 0) is 9.59 Å². The average Bonchev–Trinajstić information content (AvgIpc) is 2.51. The fraction of sp³-hybridized carbons (Fsp3) is 0.889. The number of nitrogens with one attached hydrogen (secondary N) is 1. The molecule has 1 aliphatic carbocycles. The molecule has 5 nitrogen and oxygen atoms in total. The monoisotopic (exact) mass is 325 g/mol. The van der Waals surface area contributed by atoms with E-state index in [2.05, 4.69) is 19.2 Å². The first-order valence-electron chi connectivity index (χ1n) is 9.11. The van der Waals surface area contributed by atoms with Gasteiger partial charge in [0.25, 0.3) is 0 Å². The minimum Gasteiger partial charge on any atom is -0.345 e. The summed E-state index contributed by atoms with van der Waals surface area (Å²) in [5.74, 6) is 0.863. The van der Waals surface area contributed by atoms with Crippen molar-refractivity contribution >= 4 is 11.8 Å². The van der Waals surface area contributed by atoms with Gasteiger partial charge in [-0.25, -0.2) is 0 Å². The van der Waals surface area contributed by atoms with Crippen LogP contribution in [0.15, 0.2) is 0 Å². The molecule has 0 aliphatic heterocycles. The highest BCUT2D eigenvalue weighted by Crippen LogP contribution is 2.26. The highest BCUT2D eigenvalue weighted by atomic mass is 16.2. The number of nitrogens with two attached hydrogens (primary N) is 1. The van der Waals surface area contributed by atoms with Gasteiger partial charge in [-0.15, -0.1) is 0 Å². The quantitative estimate of drug-likeness (QED) is 0.719. The maximum Gasteiger partial charge on any atom is 0.244 e. The lowest BCUT2D eigenvalue weighted by Gasteiger charge is -2.25. The van der Waals surface area contributed by atoms with E-state index in [1.807, 2.05) is 0 Å². The predicted molar refractivity (Wildman–Crippen MR) is 93.9 cm³/mol. The number of amides is 2. The predicted octanol–water partition coefficient (Wildman–Crippen LogP) is 2.29. The van der Waals surface area contributed by atoms with E-state index in [1.165, 1.54) is 19.3 Å². The number of nitrogens with zero attached hydrogens (tertiary/aromatic N) is 1. The molecule has 0 radical (unpaired) electrons. The number of hydrogen-bond acceptors (Lipinski definition) is 3. The maximum atomic E-state index is 12.3. The lowest BCUT2D eigenvalue weighted by Crippen LogP contribution is -2.47. The van der Waals surface area contributed by atoms with Crippen LogP contribution < -0.4 is 11.1 Å². The molecule has 3 N–H and O–H groups in total. The van der Waals surface area contributed by atoms with Crippen LogP contribution in [-0.4, -0.2) is 42.4 Å². The smallest absolute Gasteiger partial charge is 0.244 e. The van der Waals surface area contributed by atoms with Gasteiger partial charge in [0.1, 0.15) is 6.04 Å². The Bertz CT molecular complexity index is 378. The fourth-order valence-corrected chi connectivity index (χ4v) is 3.13. The van der Waals surface area contributed by atoms with Crippen molar-refractivity contribution in [3.8, 4) is 0 Å². The van der Waals surface area contributed by atoms with Gasteiger partial charge < -0.3 is 16.0 Å². The molecular formula is C18H35N3O2. The second kappa shape index (κ2) is 9.91. The van der Waals surface area contributed by atoms with Crippen molar-refractivity contribution in [1.29, 1.82) is 0 Å². The average molecular weight is 325 g/mol. The third-order valence-electron chi connectivity index (χ3n) is 4.98. The summed E-state index contributed by atoms with van der Waals surface area (Å²) < 4.78 is 0. The summed E-state index contributed by atoms with van der Waals surface area (Å²) in [6.07, 6.45) is 7.36. The molecule has 0 spiro atoms. The molecule has 0 aromatic rings. The number of hydrogen-bond donors (Lipinski definition) is 2.